The molecule has 0 saturated carbocycles. The first-order chi connectivity index (χ1) is 11.6. The summed E-state index contributed by atoms with van der Waals surface area (Å²) in [4.78, 5) is 3.45. The normalized spacial score (nSPS) is 20.2. The lowest BCUT2D eigenvalue weighted by Crippen LogP contribution is -2.44. The van der Waals surface area contributed by atoms with E-state index in [2.05, 4.69) is 27.7 Å². The number of piperidine rings is 1. The van der Waals surface area contributed by atoms with Crippen molar-refractivity contribution in [2.75, 3.05) is 18.8 Å². The molecule has 3 rings (SSSR count). The maximum atomic E-state index is 12.5. The van der Waals surface area contributed by atoms with Gasteiger partial charge in [-0.05, 0) is 51.4 Å². The Kier molecular flexibility index (Phi) is 5.85. The lowest BCUT2D eigenvalue weighted by molar-refractivity contribution is 0.137. The van der Waals surface area contributed by atoms with Crippen LogP contribution in [0.4, 0.5) is 0 Å². The molecule has 2 atom stereocenters. The van der Waals surface area contributed by atoms with E-state index in [9.17, 15) is 4.21 Å². The molecule has 1 fully saturated rings. The van der Waals surface area contributed by atoms with Gasteiger partial charge in [0.25, 0.3) is 0 Å². The number of aromatic nitrogens is 2. The zero-order valence-electron chi connectivity index (χ0n) is 14.6. The topological polar surface area (TPSA) is 38.1 Å². The van der Waals surface area contributed by atoms with E-state index in [0.717, 1.165) is 30.2 Å². The zero-order valence-corrected chi connectivity index (χ0v) is 15.5. The number of hydrogen-bond donors (Lipinski definition) is 0. The first kappa shape index (κ1) is 17.4. The van der Waals surface area contributed by atoms with Gasteiger partial charge in [-0.15, -0.1) is 0 Å². The third-order valence-corrected chi connectivity index (χ3v) is 6.16. The van der Waals surface area contributed by atoms with Gasteiger partial charge in [0.1, 0.15) is 0 Å². The van der Waals surface area contributed by atoms with Crippen LogP contribution in [-0.4, -0.2) is 43.8 Å². The van der Waals surface area contributed by atoms with E-state index in [0.29, 0.717) is 11.8 Å². The summed E-state index contributed by atoms with van der Waals surface area (Å²) < 4.78 is 14.6. The molecular weight excluding hydrogens is 318 g/mol. The monoisotopic (exact) mass is 345 g/mol. The molecule has 0 unspecified atom stereocenters. The molecule has 0 spiro atoms. The third-order valence-electron chi connectivity index (χ3n) is 4.81. The molecular formula is C19H27N3OS. The highest BCUT2D eigenvalue weighted by molar-refractivity contribution is 7.85. The van der Waals surface area contributed by atoms with Crippen LogP contribution in [0.3, 0.4) is 0 Å². The minimum absolute atomic E-state index is 0.504. The fourth-order valence-corrected chi connectivity index (χ4v) is 4.61. The van der Waals surface area contributed by atoms with E-state index in [4.69, 9.17) is 0 Å². The molecule has 2 heterocycles. The number of nitrogens with zero attached hydrogens (tertiary/aromatic N) is 3. The predicted octanol–water partition coefficient (Wildman–Crippen LogP) is 3.16. The quantitative estimate of drug-likeness (QED) is 0.807. The van der Waals surface area contributed by atoms with Gasteiger partial charge in [-0.25, -0.2) is 0 Å². The molecule has 1 aliphatic heterocycles. The Bertz CT molecular complexity index is 683. The van der Waals surface area contributed by atoms with Crippen LogP contribution in [0.2, 0.25) is 0 Å². The van der Waals surface area contributed by atoms with Crippen molar-refractivity contribution in [3.8, 4) is 0 Å². The largest absolute Gasteiger partial charge is 0.298 e. The molecule has 0 N–H and O–H groups in total. The minimum Gasteiger partial charge on any atom is -0.298 e. The van der Waals surface area contributed by atoms with E-state index in [-0.39, 0.29) is 0 Å². The molecule has 1 aliphatic rings. The van der Waals surface area contributed by atoms with Gasteiger partial charge in [-0.1, -0.05) is 24.6 Å². The summed E-state index contributed by atoms with van der Waals surface area (Å²) in [7, 11) is -0.911. The van der Waals surface area contributed by atoms with Gasteiger partial charge in [-0.3, -0.25) is 13.8 Å². The van der Waals surface area contributed by atoms with E-state index in [1.165, 1.54) is 25.0 Å². The number of aryl methyl sites for hydroxylation is 2. The fourth-order valence-electron chi connectivity index (χ4n) is 3.51. The average molecular weight is 346 g/mol. The lowest BCUT2D eigenvalue weighted by atomic mass is 10.0. The summed E-state index contributed by atoms with van der Waals surface area (Å²) in [5.74, 6) is 0.706. The number of likely N-dealkylation sites (tertiary alicyclic amines) is 1. The van der Waals surface area contributed by atoms with Crippen molar-refractivity contribution in [1.29, 1.82) is 0 Å². The molecule has 24 heavy (non-hydrogen) atoms. The molecule has 5 heteroatoms. The van der Waals surface area contributed by atoms with Crippen LogP contribution in [0.25, 0.3) is 0 Å². The SMILES string of the molecule is Cc1cc(C)n(C[C@H]2CCCCN2CC[S@@](=O)c2ccccc2)n1. The molecule has 2 aromatic rings. The Morgan fingerprint density at radius 1 is 1.21 bits per heavy atom. The Balaban J connectivity index is 1.60. The highest BCUT2D eigenvalue weighted by Gasteiger charge is 2.24. The number of benzene rings is 1. The standard InChI is InChI=1S/C19H27N3OS/c1-16-14-17(2)22(20-16)15-18-8-6-7-11-21(18)12-13-24(23)19-9-4-3-5-10-19/h3-5,9-10,14,18H,6-8,11-13,15H2,1-2H3/t18-,24-/m1/s1. The Morgan fingerprint density at radius 2 is 2.00 bits per heavy atom. The molecule has 130 valence electrons. The van der Waals surface area contributed by atoms with E-state index in [1.807, 2.05) is 37.3 Å². The Morgan fingerprint density at radius 3 is 2.71 bits per heavy atom. The van der Waals surface area contributed by atoms with Crippen molar-refractivity contribution < 1.29 is 4.21 Å². The van der Waals surface area contributed by atoms with Gasteiger partial charge >= 0.3 is 0 Å². The number of hydrogen-bond acceptors (Lipinski definition) is 3. The summed E-state index contributed by atoms with van der Waals surface area (Å²) in [6, 6.07) is 12.4. The molecule has 0 bridgehead atoms. The average Bonchev–Trinajstić information content (AvgIpc) is 2.92. The Hall–Kier alpha value is -1.46. The highest BCUT2D eigenvalue weighted by atomic mass is 32.2. The minimum atomic E-state index is -0.911. The molecule has 1 aromatic heterocycles. The van der Waals surface area contributed by atoms with Gasteiger partial charge in [0.05, 0.1) is 23.0 Å². The van der Waals surface area contributed by atoms with E-state index < -0.39 is 10.8 Å². The molecule has 0 amide bonds. The van der Waals surface area contributed by atoms with Crippen LogP contribution in [-0.2, 0) is 17.3 Å². The summed E-state index contributed by atoms with van der Waals surface area (Å²) in [5.41, 5.74) is 2.31. The molecule has 0 radical (unpaired) electrons. The third kappa shape index (κ3) is 4.33. The first-order valence-electron chi connectivity index (χ1n) is 8.82. The van der Waals surface area contributed by atoms with E-state index >= 15 is 0 Å². The first-order valence-corrected chi connectivity index (χ1v) is 10.1. The van der Waals surface area contributed by atoms with Gasteiger partial charge in [0, 0.05) is 28.9 Å². The van der Waals surface area contributed by atoms with Crippen LogP contribution >= 0.6 is 0 Å². The van der Waals surface area contributed by atoms with Crippen LogP contribution in [0.15, 0.2) is 41.3 Å². The smallest absolute Gasteiger partial charge is 0.0596 e. The van der Waals surface area contributed by atoms with Crippen molar-refractivity contribution in [3.05, 3.63) is 47.8 Å². The molecule has 4 nitrogen and oxygen atoms in total. The predicted molar refractivity (Wildman–Crippen MR) is 98.6 cm³/mol. The summed E-state index contributed by atoms with van der Waals surface area (Å²) in [5, 5.41) is 4.61. The van der Waals surface area contributed by atoms with Crippen LogP contribution in [0, 0.1) is 13.8 Å². The van der Waals surface area contributed by atoms with Crippen molar-refractivity contribution in [3.63, 3.8) is 0 Å². The maximum absolute atomic E-state index is 12.5. The van der Waals surface area contributed by atoms with Crippen molar-refractivity contribution >= 4 is 10.8 Å². The molecule has 1 aromatic carbocycles. The number of rotatable bonds is 6. The van der Waals surface area contributed by atoms with Gasteiger partial charge < -0.3 is 0 Å². The van der Waals surface area contributed by atoms with E-state index in [1.54, 1.807) is 0 Å². The Labute approximate surface area is 147 Å². The fraction of sp³-hybridized carbons (Fsp3) is 0.526. The van der Waals surface area contributed by atoms with Crippen molar-refractivity contribution in [1.82, 2.24) is 14.7 Å². The van der Waals surface area contributed by atoms with Crippen LogP contribution < -0.4 is 0 Å². The molecule has 0 aliphatic carbocycles. The second-order valence-corrected chi connectivity index (χ2v) is 8.23. The second kappa shape index (κ2) is 8.08. The lowest BCUT2D eigenvalue weighted by Gasteiger charge is -2.35. The van der Waals surface area contributed by atoms with Gasteiger partial charge in [-0.2, -0.15) is 5.10 Å². The van der Waals surface area contributed by atoms with Crippen molar-refractivity contribution in [2.24, 2.45) is 0 Å². The highest BCUT2D eigenvalue weighted by Crippen LogP contribution is 2.19. The van der Waals surface area contributed by atoms with Crippen LogP contribution in [0.1, 0.15) is 30.7 Å². The summed E-state index contributed by atoms with van der Waals surface area (Å²) >= 11 is 0. The zero-order chi connectivity index (χ0) is 16.9. The van der Waals surface area contributed by atoms with Gasteiger partial charge in [0.2, 0.25) is 0 Å². The maximum Gasteiger partial charge on any atom is 0.0596 e. The van der Waals surface area contributed by atoms with Crippen molar-refractivity contribution in [2.45, 2.75) is 50.6 Å². The summed E-state index contributed by atoms with van der Waals surface area (Å²) in [6.07, 6.45) is 3.73. The molecule has 1 saturated heterocycles. The second-order valence-electron chi connectivity index (χ2n) is 6.66. The summed E-state index contributed by atoms with van der Waals surface area (Å²) in [6.45, 7) is 7.11. The van der Waals surface area contributed by atoms with Crippen LogP contribution in [0.5, 0.6) is 0 Å². The van der Waals surface area contributed by atoms with Gasteiger partial charge in [0.15, 0.2) is 0 Å².